The van der Waals surface area contributed by atoms with Crippen molar-refractivity contribution in [3.8, 4) is 11.5 Å². The van der Waals surface area contributed by atoms with E-state index in [-0.39, 0.29) is 0 Å². The maximum Gasteiger partial charge on any atom is 0.133 e. The van der Waals surface area contributed by atoms with E-state index in [0.29, 0.717) is 18.3 Å². The Hall–Kier alpha value is -1.72. The monoisotopic (exact) mass is 309 g/mol. The molecule has 5 nitrogen and oxygen atoms in total. The number of nitrogens with zero attached hydrogens (tertiary/aromatic N) is 2. The van der Waals surface area contributed by atoms with Gasteiger partial charge in [0.15, 0.2) is 0 Å². The highest BCUT2D eigenvalue weighted by Gasteiger charge is 2.13. The highest BCUT2D eigenvalue weighted by molar-refractivity contribution is 6.30. The zero-order chi connectivity index (χ0) is 15.4. The van der Waals surface area contributed by atoms with Gasteiger partial charge in [-0.05, 0) is 43.7 Å². The SMILES string of the molecule is COc1ccc(OCc2c(C)nn(C)c2Cl)c(CCN)c1. The van der Waals surface area contributed by atoms with Crippen LogP contribution in [0.3, 0.4) is 0 Å². The first-order chi connectivity index (χ1) is 10.1. The van der Waals surface area contributed by atoms with Crippen LogP contribution in [-0.4, -0.2) is 23.4 Å². The van der Waals surface area contributed by atoms with Gasteiger partial charge in [0.2, 0.25) is 0 Å². The number of benzene rings is 1. The fourth-order valence-electron chi connectivity index (χ4n) is 2.16. The lowest BCUT2D eigenvalue weighted by Crippen LogP contribution is -2.06. The molecule has 1 heterocycles. The van der Waals surface area contributed by atoms with E-state index in [9.17, 15) is 0 Å². The van der Waals surface area contributed by atoms with E-state index in [1.165, 1.54) is 0 Å². The van der Waals surface area contributed by atoms with E-state index in [2.05, 4.69) is 5.10 Å². The molecule has 0 unspecified atom stereocenters. The summed E-state index contributed by atoms with van der Waals surface area (Å²) in [5.74, 6) is 1.59. The highest BCUT2D eigenvalue weighted by Crippen LogP contribution is 2.27. The van der Waals surface area contributed by atoms with Crippen LogP contribution in [0.5, 0.6) is 11.5 Å². The van der Waals surface area contributed by atoms with Gasteiger partial charge in [-0.25, -0.2) is 0 Å². The van der Waals surface area contributed by atoms with Gasteiger partial charge in [-0.15, -0.1) is 0 Å². The molecule has 1 aromatic carbocycles. The molecule has 0 radical (unpaired) electrons. The first kappa shape index (κ1) is 15.7. The Morgan fingerprint density at radius 3 is 2.71 bits per heavy atom. The fraction of sp³-hybridized carbons (Fsp3) is 0.400. The molecule has 0 fully saturated rings. The largest absolute Gasteiger partial charge is 0.497 e. The quantitative estimate of drug-likeness (QED) is 0.890. The molecule has 0 bridgehead atoms. The molecule has 2 rings (SSSR count). The van der Waals surface area contributed by atoms with Gasteiger partial charge in [0, 0.05) is 12.6 Å². The number of halogens is 1. The van der Waals surface area contributed by atoms with Crippen LogP contribution < -0.4 is 15.2 Å². The van der Waals surface area contributed by atoms with Gasteiger partial charge < -0.3 is 15.2 Å². The van der Waals surface area contributed by atoms with Gasteiger partial charge in [0.25, 0.3) is 0 Å². The lowest BCUT2D eigenvalue weighted by atomic mass is 10.1. The van der Waals surface area contributed by atoms with Crippen molar-refractivity contribution in [2.45, 2.75) is 20.0 Å². The van der Waals surface area contributed by atoms with Crippen molar-refractivity contribution in [1.29, 1.82) is 0 Å². The molecular weight excluding hydrogens is 290 g/mol. The smallest absolute Gasteiger partial charge is 0.133 e. The predicted molar refractivity (Wildman–Crippen MR) is 83.0 cm³/mol. The normalized spacial score (nSPS) is 10.7. The Kier molecular flexibility index (Phi) is 5.09. The second-order valence-electron chi connectivity index (χ2n) is 4.78. The summed E-state index contributed by atoms with van der Waals surface area (Å²) in [5, 5.41) is 4.87. The minimum absolute atomic E-state index is 0.377. The highest BCUT2D eigenvalue weighted by atomic mass is 35.5. The van der Waals surface area contributed by atoms with E-state index in [4.69, 9.17) is 26.8 Å². The van der Waals surface area contributed by atoms with Crippen LogP contribution >= 0.6 is 11.6 Å². The van der Waals surface area contributed by atoms with Crippen LogP contribution in [0.25, 0.3) is 0 Å². The average molecular weight is 310 g/mol. The third-order valence-corrected chi connectivity index (χ3v) is 3.80. The third-order valence-electron chi connectivity index (χ3n) is 3.32. The Balaban J connectivity index is 2.19. The first-order valence-electron chi connectivity index (χ1n) is 6.74. The van der Waals surface area contributed by atoms with Crippen molar-refractivity contribution < 1.29 is 9.47 Å². The minimum atomic E-state index is 0.377. The fourth-order valence-corrected chi connectivity index (χ4v) is 2.39. The minimum Gasteiger partial charge on any atom is -0.497 e. The van der Waals surface area contributed by atoms with Crippen molar-refractivity contribution in [1.82, 2.24) is 9.78 Å². The molecule has 6 heteroatoms. The molecule has 2 aromatic rings. The van der Waals surface area contributed by atoms with Crippen LogP contribution in [-0.2, 0) is 20.1 Å². The van der Waals surface area contributed by atoms with Gasteiger partial charge in [-0.2, -0.15) is 5.10 Å². The molecule has 0 amide bonds. The summed E-state index contributed by atoms with van der Waals surface area (Å²) in [6, 6.07) is 5.70. The standard InChI is InChI=1S/C15H20ClN3O2/c1-10-13(15(16)19(2)18-10)9-21-14-5-4-12(20-3)8-11(14)6-7-17/h4-5,8H,6-7,9,17H2,1-3H3. The van der Waals surface area contributed by atoms with Crippen molar-refractivity contribution in [3.63, 3.8) is 0 Å². The van der Waals surface area contributed by atoms with Crippen LogP contribution in [0.2, 0.25) is 5.15 Å². The van der Waals surface area contributed by atoms with Gasteiger partial charge in [-0.1, -0.05) is 11.6 Å². The predicted octanol–water partition coefficient (Wildman–Crippen LogP) is 2.47. The molecule has 0 aliphatic heterocycles. The molecule has 114 valence electrons. The van der Waals surface area contributed by atoms with Crippen molar-refractivity contribution >= 4 is 11.6 Å². The molecule has 0 spiro atoms. The lowest BCUT2D eigenvalue weighted by Gasteiger charge is -2.12. The molecule has 21 heavy (non-hydrogen) atoms. The van der Waals surface area contributed by atoms with Crippen molar-refractivity contribution in [2.24, 2.45) is 12.8 Å². The third kappa shape index (κ3) is 3.49. The Bertz CT molecular complexity index is 626. The summed E-state index contributed by atoms with van der Waals surface area (Å²) in [6.45, 7) is 2.85. The van der Waals surface area contributed by atoms with Crippen molar-refractivity contribution in [3.05, 3.63) is 40.2 Å². The summed E-state index contributed by atoms with van der Waals surface area (Å²) in [7, 11) is 3.45. The summed E-state index contributed by atoms with van der Waals surface area (Å²) in [4.78, 5) is 0. The van der Waals surface area contributed by atoms with Crippen LogP contribution in [0.1, 0.15) is 16.8 Å². The van der Waals surface area contributed by atoms with Crippen LogP contribution in [0, 0.1) is 6.92 Å². The maximum atomic E-state index is 6.21. The van der Waals surface area contributed by atoms with E-state index >= 15 is 0 Å². The van der Waals surface area contributed by atoms with Gasteiger partial charge in [0.1, 0.15) is 23.3 Å². The second kappa shape index (κ2) is 6.83. The number of hydrogen-bond donors (Lipinski definition) is 1. The number of rotatable bonds is 6. The van der Waals surface area contributed by atoms with E-state index in [1.54, 1.807) is 11.8 Å². The van der Waals surface area contributed by atoms with Gasteiger partial charge in [0.05, 0.1) is 12.8 Å². The zero-order valence-electron chi connectivity index (χ0n) is 12.5. The van der Waals surface area contributed by atoms with Gasteiger partial charge in [-0.3, -0.25) is 4.68 Å². The number of nitrogens with two attached hydrogens (primary N) is 1. The first-order valence-corrected chi connectivity index (χ1v) is 7.12. The number of aryl methyl sites for hydroxylation is 2. The van der Waals surface area contributed by atoms with Crippen molar-refractivity contribution in [2.75, 3.05) is 13.7 Å². The molecule has 2 N–H and O–H groups in total. The second-order valence-corrected chi connectivity index (χ2v) is 5.14. The van der Waals surface area contributed by atoms with E-state index in [0.717, 1.165) is 34.7 Å². The van der Waals surface area contributed by atoms with E-state index < -0.39 is 0 Å². The lowest BCUT2D eigenvalue weighted by molar-refractivity contribution is 0.301. The van der Waals surface area contributed by atoms with Gasteiger partial charge >= 0.3 is 0 Å². The number of hydrogen-bond acceptors (Lipinski definition) is 4. The molecule has 0 saturated heterocycles. The van der Waals surface area contributed by atoms with E-state index in [1.807, 2.05) is 32.2 Å². The Labute approximate surface area is 129 Å². The van der Waals surface area contributed by atoms with Crippen LogP contribution in [0.15, 0.2) is 18.2 Å². The molecular formula is C15H20ClN3O2. The summed E-state index contributed by atoms with van der Waals surface area (Å²) in [5.41, 5.74) is 8.44. The molecule has 0 atom stereocenters. The number of aromatic nitrogens is 2. The zero-order valence-corrected chi connectivity index (χ0v) is 13.3. The topological polar surface area (TPSA) is 62.3 Å². The molecule has 0 aliphatic carbocycles. The maximum absolute atomic E-state index is 6.21. The Morgan fingerprint density at radius 1 is 1.38 bits per heavy atom. The average Bonchev–Trinajstić information content (AvgIpc) is 2.71. The molecule has 1 aromatic heterocycles. The summed E-state index contributed by atoms with van der Waals surface area (Å²) in [6.07, 6.45) is 0.728. The summed E-state index contributed by atoms with van der Waals surface area (Å²) < 4.78 is 12.8. The number of methoxy groups -OCH3 is 1. The molecule has 0 aliphatic rings. The summed E-state index contributed by atoms with van der Waals surface area (Å²) >= 11 is 6.21. The van der Waals surface area contributed by atoms with Crippen LogP contribution in [0.4, 0.5) is 0 Å². The number of ether oxygens (including phenoxy) is 2. The molecule has 0 saturated carbocycles. The Morgan fingerprint density at radius 2 is 2.14 bits per heavy atom.